The number of nitrogens with zero attached hydrogens (tertiary/aromatic N) is 1. The summed E-state index contributed by atoms with van der Waals surface area (Å²) in [5, 5.41) is 8.54. The average molecular weight is 265 g/mol. The second-order valence-corrected chi connectivity index (χ2v) is 4.02. The fourth-order valence-corrected chi connectivity index (χ4v) is 1.35. The lowest BCUT2D eigenvalue weighted by atomic mass is 10.1. The first kappa shape index (κ1) is 14.7. The highest BCUT2D eigenvalue weighted by Gasteiger charge is 2.12. The van der Waals surface area contributed by atoms with Crippen molar-refractivity contribution in [1.82, 2.24) is 4.90 Å². The molecule has 0 radical (unpaired) electrons. The van der Waals surface area contributed by atoms with Crippen LogP contribution in [0.15, 0.2) is 24.3 Å². The number of carboxylic acid groups (broad SMARTS) is 1. The Morgan fingerprint density at radius 2 is 2.00 bits per heavy atom. The molecule has 0 aliphatic heterocycles. The second-order valence-electron chi connectivity index (χ2n) is 4.02. The van der Waals surface area contributed by atoms with E-state index in [-0.39, 0.29) is 18.9 Å². The van der Waals surface area contributed by atoms with Crippen LogP contribution in [0.25, 0.3) is 0 Å². The largest absolute Gasteiger partial charge is 0.484 e. The van der Waals surface area contributed by atoms with Crippen LogP contribution in [-0.2, 0) is 9.59 Å². The number of hydrogen-bond acceptors (Lipinski definition) is 4. The molecule has 0 bridgehead atoms. The van der Waals surface area contributed by atoms with Crippen molar-refractivity contribution in [2.75, 3.05) is 20.2 Å². The number of ether oxygens (including phenoxy) is 1. The van der Waals surface area contributed by atoms with Crippen molar-refractivity contribution in [2.45, 2.75) is 6.92 Å². The number of amides is 1. The molecular formula is C13H15NO5. The van der Waals surface area contributed by atoms with Crippen LogP contribution in [-0.4, -0.2) is 47.9 Å². The lowest BCUT2D eigenvalue weighted by Crippen LogP contribution is -2.35. The molecule has 0 saturated heterocycles. The minimum absolute atomic E-state index is 0.0974. The summed E-state index contributed by atoms with van der Waals surface area (Å²) in [5.74, 6) is -1.24. The maximum atomic E-state index is 11.5. The van der Waals surface area contributed by atoms with Crippen LogP contribution in [0, 0.1) is 0 Å². The van der Waals surface area contributed by atoms with E-state index in [0.717, 1.165) is 4.90 Å². The number of benzene rings is 1. The molecule has 6 heteroatoms. The monoisotopic (exact) mass is 265 g/mol. The highest BCUT2D eigenvalue weighted by atomic mass is 16.5. The zero-order valence-corrected chi connectivity index (χ0v) is 10.8. The number of ketones is 1. The van der Waals surface area contributed by atoms with Crippen LogP contribution < -0.4 is 4.74 Å². The third kappa shape index (κ3) is 4.79. The molecule has 1 rings (SSSR count). The molecule has 102 valence electrons. The SMILES string of the molecule is CC(=O)c1cccc(OCC(=O)N(C)CC(=O)O)c1. The number of Topliss-reactive ketones (excluding diaryl/α,β-unsaturated/α-hetero) is 1. The standard InChI is InChI=1S/C13H15NO5/c1-9(15)10-4-3-5-11(6-10)19-8-12(16)14(2)7-13(17)18/h3-6H,7-8H2,1-2H3,(H,17,18). The van der Waals surface area contributed by atoms with Crippen molar-refractivity contribution in [1.29, 1.82) is 0 Å². The number of hydrogen-bond donors (Lipinski definition) is 1. The summed E-state index contributed by atoms with van der Waals surface area (Å²) in [6.45, 7) is 0.783. The number of likely N-dealkylation sites (N-methyl/N-ethyl adjacent to an activating group) is 1. The minimum atomic E-state index is -1.09. The van der Waals surface area contributed by atoms with Crippen molar-refractivity contribution >= 4 is 17.7 Å². The molecule has 1 amide bonds. The van der Waals surface area contributed by atoms with Gasteiger partial charge in [-0.3, -0.25) is 14.4 Å². The van der Waals surface area contributed by atoms with Crippen molar-refractivity contribution in [3.8, 4) is 5.75 Å². The second kappa shape index (κ2) is 6.53. The van der Waals surface area contributed by atoms with Gasteiger partial charge in [-0.25, -0.2) is 0 Å². The van der Waals surface area contributed by atoms with E-state index >= 15 is 0 Å². The highest BCUT2D eigenvalue weighted by Crippen LogP contribution is 2.13. The van der Waals surface area contributed by atoms with E-state index in [1.165, 1.54) is 20.0 Å². The molecule has 0 spiro atoms. The predicted molar refractivity (Wildman–Crippen MR) is 67.2 cm³/mol. The fourth-order valence-electron chi connectivity index (χ4n) is 1.35. The van der Waals surface area contributed by atoms with E-state index in [9.17, 15) is 14.4 Å². The third-order valence-corrected chi connectivity index (χ3v) is 2.40. The first-order chi connectivity index (χ1) is 8.90. The van der Waals surface area contributed by atoms with E-state index in [1.54, 1.807) is 18.2 Å². The molecule has 0 atom stereocenters. The van der Waals surface area contributed by atoms with Crippen molar-refractivity contribution < 1.29 is 24.2 Å². The predicted octanol–water partition coefficient (Wildman–Crippen LogP) is 0.811. The Morgan fingerprint density at radius 3 is 2.58 bits per heavy atom. The average Bonchev–Trinajstić information content (AvgIpc) is 2.35. The zero-order valence-electron chi connectivity index (χ0n) is 10.8. The Labute approximate surface area is 110 Å². The molecular weight excluding hydrogens is 250 g/mol. The van der Waals surface area contributed by atoms with Gasteiger partial charge in [0.2, 0.25) is 0 Å². The van der Waals surface area contributed by atoms with Gasteiger partial charge in [0.25, 0.3) is 5.91 Å². The smallest absolute Gasteiger partial charge is 0.323 e. The first-order valence-electron chi connectivity index (χ1n) is 5.59. The Hall–Kier alpha value is -2.37. The maximum Gasteiger partial charge on any atom is 0.323 e. The summed E-state index contributed by atoms with van der Waals surface area (Å²) in [4.78, 5) is 34.2. The quantitative estimate of drug-likeness (QED) is 0.769. The van der Waals surface area contributed by atoms with Gasteiger partial charge in [0.1, 0.15) is 12.3 Å². The minimum Gasteiger partial charge on any atom is -0.484 e. The lowest BCUT2D eigenvalue weighted by molar-refractivity contribution is -0.144. The molecule has 1 aromatic carbocycles. The van der Waals surface area contributed by atoms with Gasteiger partial charge in [0.05, 0.1) is 0 Å². The highest BCUT2D eigenvalue weighted by molar-refractivity contribution is 5.94. The van der Waals surface area contributed by atoms with Gasteiger partial charge in [0.15, 0.2) is 12.4 Å². The first-order valence-corrected chi connectivity index (χ1v) is 5.59. The summed E-state index contributed by atoms with van der Waals surface area (Å²) >= 11 is 0. The van der Waals surface area contributed by atoms with Gasteiger partial charge in [-0.15, -0.1) is 0 Å². The molecule has 6 nitrogen and oxygen atoms in total. The van der Waals surface area contributed by atoms with Gasteiger partial charge in [0, 0.05) is 12.6 Å². The number of carbonyl (C=O) groups is 3. The van der Waals surface area contributed by atoms with Gasteiger partial charge in [-0.2, -0.15) is 0 Å². The molecule has 1 aromatic rings. The van der Waals surface area contributed by atoms with Crippen LogP contribution in [0.5, 0.6) is 5.75 Å². The van der Waals surface area contributed by atoms with Crippen LogP contribution in [0.1, 0.15) is 17.3 Å². The summed E-state index contributed by atoms with van der Waals surface area (Å²) in [6, 6.07) is 6.45. The number of carbonyl (C=O) groups excluding carboxylic acids is 2. The van der Waals surface area contributed by atoms with Gasteiger partial charge in [-0.05, 0) is 19.1 Å². The van der Waals surface area contributed by atoms with Crippen LogP contribution >= 0.6 is 0 Å². The summed E-state index contributed by atoms with van der Waals surface area (Å²) in [7, 11) is 1.38. The Kier molecular flexibility index (Phi) is 5.05. The number of rotatable bonds is 6. The molecule has 0 fully saturated rings. The van der Waals surface area contributed by atoms with E-state index in [0.29, 0.717) is 11.3 Å². The number of carboxylic acids is 1. The third-order valence-electron chi connectivity index (χ3n) is 2.40. The van der Waals surface area contributed by atoms with Crippen molar-refractivity contribution in [2.24, 2.45) is 0 Å². The lowest BCUT2D eigenvalue weighted by Gasteiger charge is -2.15. The van der Waals surface area contributed by atoms with Crippen molar-refractivity contribution in [3.05, 3.63) is 29.8 Å². The maximum absolute atomic E-state index is 11.5. The molecule has 0 heterocycles. The topological polar surface area (TPSA) is 83.9 Å². The normalized spacial score (nSPS) is 9.79. The molecule has 0 aromatic heterocycles. The van der Waals surface area contributed by atoms with E-state index in [2.05, 4.69) is 0 Å². The fraction of sp³-hybridized carbons (Fsp3) is 0.308. The molecule has 1 N–H and O–H groups in total. The van der Waals surface area contributed by atoms with E-state index in [4.69, 9.17) is 9.84 Å². The van der Waals surface area contributed by atoms with Crippen LogP contribution in [0.2, 0.25) is 0 Å². The van der Waals surface area contributed by atoms with Gasteiger partial charge >= 0.3 is 5.97 Å². The van der Waals surface area contributed by atoms with E-state index in [1.807, 2.05) is 0 Å². The Morgan fingerprint density at radius 1 is 1.32 bits per heavy atom. The van der Waals surface area contributed by atoms with Crippen LogP contribution in [0.3, 0.4) is 0 Å². The summed E-state index contributed by atoms with van der Waals surface area (Å²) < 4.78 is 5.22. The molecule has 0 aliphatic rings. The molecule has 0 aliphatic carbocycles. The summed E-state index contributed by atoms with van der Waals surface area (Å²) in [5.41, 5.74) is 0.490. The summed E-state index contributed by atoms with van der Waals surface area (Å²) in [6.07, 6.45) is 0. The Bertz CT molecular complexity index is 498. The Balaban J connectivity index is 2.57. The van der Waals surface area contributed by atoms with E-state index < -0.39 is 11.9 Å². The molecule has 0 unspecified atom stereocenters. The number of aliphatic carboxylic acids is 1. The molecule has 0 saturated carbocycles. The van der Waals surface area contributed by atoms with Crippen molar-refractivity contribution in [3.63, 3.8) is 0 Å². The van der Waals surface area contributed by atoms with Gasteiger partial charge < -0.3 is 14.7 Å². The zero-order chi connectivity index (χ0) is 14.4. The van der Waals surface area contributed by atoms with Crippen LogP contribution in [0.4, 0.5) is 0 Å². The van der Waals surface area contributed by atoms with Gasteiger partial charge in [-0.1, -0.05) is 12.1 Å². The molecule has 19 heavy (non-hydrogen) atoms.